The molecule has 0 saturated heterocycles. The molecule has 0 heterocycles. The average Bonchev–Trinajstić information content (AvgIpc) is 2.23. The highest BCUT2D eigenvalue weighted by Crippen LogP contribution is 2.30. The van der Waals surface area contributed by atoms with E-state index < -0.39 is 21.6 Å². The molecule has 0 atom stereocenters. The first kappa shape index (κ1) is 14.1. The summed E-state index contributed by atoms with van der Waals surface area (Å²) in [5, 5.41) is 9.13. The van der Waals surface area contributed by atoms with E-state index in [0.717, 1.165) is 18.6 Å². The van der Waals surface area contributed by atoms with Gasteiger partial charge < -0.3 is 5.11 Å². The van der Waals surface area contributed by atoms with Crippen LogP contribution in [0.5, 0.6) is 5.75 Å². The molecule has 0 bridgehead atoms. The largest absolute Gasteiger partial charge is 0.506 e. The van der Waals surface area contributed by atoms with Crippen molar-refractivity contribution < 1.29 is 17.9 Å². The van der Waals surface area contributed by atoms with Crippen molar-refractivity contribution in [1.82, 2.24) is 0 Å². The predicted octanol–water partition coefficient (Wildman–Crippen LogP) is 2.73. The van der Waals surface area contributed by atoms with Crippen LogP contribution in [-0.4, -0.2) is 19.3 Å². The highest BCUT2D eigenvalue weighted by atomic mass is 35.5. The van der Waals surface area contributed by atoms with Gasteiger partial charge >= 0.3 is 0 Å². The highest BCUT2D eigenvalue weighted by Gasteiger charge is 2.14. The summed E-state index contributed by atoms with van der Waals surface area (Å²) >= 11 is 5.50. The quantitative estimate of drug-likeness (QED) is 0.816. The van der Waals surface area contributed by atoms with Crippen LogP contribution < -0.4 is 4.72 Å². The minimum absolute atomic E-state index is 0.0576. The van der Waals surface area contributed by atoms with Crippen molar-refractivity contribution in [3.05, 3.63) is 23.0 Å². The first-order valence-electron chi connectivity index (χ1n) is 5.04. The first-order chi connectivity index (χ1) is 7.85. The van der Waals surface area contributed by atoms with Crippen molar-refractivity contribution in [2.75, 3.05) is 10.5 Å². The molecular formula is C10H13ClFNO3S. The lowest BCUT2D eigenvalue weighted by Gasteiger charge is -2.09. The normalized spacial score (nSPS) is 11.5. The SMILES string of the molecule is CCCCS(=O)(=O)Nc1cc(Cl)c(F)cc1O. The molecule has 1 rings (SSSR count). The number of benzene rings is 1. The molecule has 0 aromatic heterocycles. The van der Waals surface area contributed by atoms with Gasteiger partial charge in [-0.05, 0) is 12.5 Å². The maximum atomic E-state index is 12.9. The molecule has 0 unspecified atom stereocenters. The third kappa shape index (κ3) is 4.05. The van der Waals surface area contributed by atoms with Crippen molar-refractivity contribution in [2.24, 2.45) is 0 Å². The number of unbranched alkanes of at least 4 members (excludes halogenated alkanes) is 1. The van der Waals surface area contributed by atoms with Gasteiger partial charge in [-0.25, -0.2) is 12.8 Å². The van der Waals surface area contributed by atoms with Crippen LogP contribution in [-0.2, 0) is 10.0 Å². The third-order valence-electron chi connectivity index (χ3n) is 2.07. The Morgan fingerprint density at radius 2 is 2.12 bits per heavy atom. The van der Waals surface area contributed by atoms with Gasteiger partial charge in [-0.1, -0.05) is 24.9 Å². The van der Waals surface area contributed by atoms with Crippen LogP contribution in [0.15, 0.2) is 12.1 Å². The molecule has 0 amide bonds. The van der Waals surface area contributed by atoms with Gasteiger partial charge in [0.2, 0.25) is 10.0 Å². The second-order valence-corrected chi connectivity index (χ2v) is 5.81. The lowest BCUT2D eigenvalue weighted by molar-refractivity contribution is 0.471. The number of anilines is 1. The molecule has 96 valence electrons. The van der Waals surface area contributed by atoms with Crippen LogP contribution in [0.2, 0.25) is 5.02 Å². The second-order valence-electron chi connectivity index (χ2n) is 3.56. The van der Waals surface area contributed by atoms with E-state index >= 15 is 0 Å². The molecule has 1 aromatic rings. The summed E-state index contributed by atoms with van der Waals surface area (Å²) in [6.45, 7) is 1.86. The fraction of sp³-hybridized carbons (Fsp3) is 0.400. The van der Waals surface area contributed by atoms with E-state index in [-0.39, 0.29) is 16.5 Å². The Hall–Kier alpha value is -1.01. The van der Waals surface area contributed by atoms with Gasteiger partial charge in [0.25, 0.3) is 0 Å². The van der Waals surface area contributed by atoms with Crippen molar-refractivity contribution in [1.29, 1.82) is 0 Å². The Morgan fingerprint density at radius 1 is 1.47 bits per heavy atom. The third-order valence-corrected chi connectivity index (χ3v) is 3.72. The summed E-state index contributed by atoms with van der Waals surface area (Å²) < 4.78 is 38.2. The molecule has 0 fully saturated rings. The van der Waals surface area contributed by atoms with Crippen LogP contribution in [0.3, 0.4) is 0 Å². The zero-order valence-corrected chi connectivity index (χ0v) is 10.8. The second kappa shape index (κ2) is 5.55. The summed E-state index contributed by atoms with van der Waals surface area (Å²) in [6, 6.07) is 1.80. The first-order valence-corrected chi connectivity index (χ1v) is 7.07. The summed E-state index contributed by atoms with van der Waals surface area (Å²) in [5.74, 6) is -1.36. The van der Waals surface area contributed by atoms with E-state index in [1.807, 2.05) is 6.92 Å². The van der Waals surface area contributed by atoms with Crippen LogP contribution in [0.4, 0.5) is 10.1 Å². The number of sulfonamides is 1. The van der Waals surface area contributed by atoms with Crippen LogP contribution >= 0.6 is 11.6 Å². The Morgan fingerprint density at radius 3 is 2.71 bits per heavy atom. The van der Waals surface area contributed by atoms with Crippen molar-refractivity contribution in [3.63, 3.8) is 0 Å². The zero-order chi connectivity index (χ0) is 13.1. The Balaban J connectivity index is 2.92. The molecule has 4 nitrogen and oxygen atoms in total. The number of nitrogens with one attached hydrogen (secondary N) is 1. The average molecular weight is 282 g/mol. The Kier molecular flexibility index (Phi) is 4.59. The fourth-order valence-corrected chi connectivity index (χ4v) is 2.60. The summed E-state index contributed by atoms with van der Waals surface area (Å²) in [7, 11) is -3.54. The zero-order valence-electron chi connectivity index (χ0n) is 9.20. The summed E-state index contributed by atoms with van der Waals surface area (Å²) in [6.07, 6.45) is 1.24. The van der Waals surface area contributed by atoms with E-state index in [1.54, 1.807) is 0 Å². The van der Waals surface area contributed by atoms with Gasteiger partial charge in [0.15, 0.2) is 0 Å². The smallest absolute Gasteiger partial charge is 0.232 e. The Bertz CT molecular complexity index is 505. The van der Waals surface area contributed by atoms with E-state index in [0.29, 0.717) is 6.42 Å². The number of aromatic hydroxyl groups is 1. The fourth-order valence-electron chi connectivity index (χ4n) is 1.17. The predicted molar refractivity (Wildman–Crippen MR) is 65.4 cm³/mol. The summed E-state index contributed by atoms with van der Waals surface area (Å²) in [4.78, 5) is 0. The molecule has 0 aliphatic rings. The minimum atomic E-state index is -3.54. The van der Waals surface area contributed by atoms with Gasteiger partial charge in [-0.2, -0.15) is 0 Å². The molecule has 2 N–H and O–H groups in total. The topological polar surface area (TPSA) is 66.4 Å². The molecular weight excluding hydrogens is 269 g/mol. The van der Waals surface area contributed by atoms with E-state index in [1.165, 1.54) is 0 Å². The molecule has 0 aliphatic carbocycles. The molecule has 1 aromatic carbocycles. The van der Waals surface area contributed by atoms with E-state index in [2.05, 4.69) is 4.72 Å². The Labute approximate surface area is 104 Å². The van der Waals surface area contributed by atoms with Gasteiger partial charge in [-0.15, -0.1) is 0 Å². The highest BCUT2D eigenvalue weighted by molar-refractivity contribution is 7.92. The molecule has 7 heteroatoms. The van der Waals surface area contributed by atoms with Gasteiger partial charge in [0.1, 0.15) is 11.6 Å². The number of halogens is 2. The van der Waals surface area contributed by atoms with Crippen molar-refractivity contribution >= 4 is 27.3 Å². The number of rotatable bonds is 5. The van der Waals surface area contributed by atoms with E-state index in [4.69, 9.17) is 11.6 Å². The minimum Gasteiger partial charge on any atom is -0.506 e. The van der Waals surface area contributed by atoms with Crippen LogP contribution in [0.25, 0.3) is 0 Å². The van der Waals surface area contributed by atoms with Gasteiger partial charge in [-0.3, -0.25) is 4.72 Å². The van der Waals surface area contributed by atoms with Crippen molar-refractivity contribution in [2.45, 2.75) is 19.8 Å². The number of phenolic OH excluding ortho intramolecular Hbond substituents is 1. The lowest BCUT2D eigenvalue weighted by atomic mass is 10.3. The maximum Gasteiger partial charge on any atom is 0.232 e. The standard InChI is InChI=1S/C10H13ClFNO3S/c1-2-3-4-17(15,16)13-9-5-7(11)8(12)6-10(9)14/h5-6,13-14H,2-4H2,1H3. The lowest BCUT2D eigenvalue weighted by Crippen LogP contribution is -2.16. The molecule has 0 radical (unpaired) electrons. The van der Waals surface area contributed by atoms with Gasteiger partial charge in [0.05, 0.1) is 16.5 Å². The van der Waals surface area contributed by atoms with Crippen molar-refractivity contribution in [3.8, 4) is 5.75 Å². The molecule has 0 aliphatic heterocycles. The maximum absolute atomic E-state index is 12.9. The molecule has 0 saturated carbocycles. The monoisotopic (exact) mass is 281 g/mol. The van der Waals surface area contributed by atoms with Crippen LogP contribution in [0.1, 0.15) is 19.8 Å². The summed E-state index contributed by atoms with van der Waals surface area (Å²) in [5.41, 5.74) is -0.118. The van der Waals surface area contributed by atoms with E-state index in [9.17, 15) is 17.9 Å². The number of phenols is 1. The number of hydrogen-bond donors (Lipinski definition) is 2. The van der Waals surface area contributed by atoms with Gasteiger partial charge in [0, 0.05) is 6.07 Å². The van der Waals surface area contributed by atoms with Crippen LogP contribution in [0, 0.1) is 5.82 Å². The molecule has 0 spiro atoms. The molecule has 17 heavy (non-hydrogen) atoms. The number of hydrogen-bond acceptors (Lipinski definition) is 3.